The number of likely N-dealkylation sites (tertiary alicyclic amines) is 1. The Morgan fingerprint density at radius 2 is 1.79 bits per heavy atom. The quantitative estimate of drug-likeness (QED) is 0.687. The molecule has 0 N–H and O–H groups in total. The third-order valence-electron chi connectivity index (χ3n) is 7.52. The summed E-state index contributed by atoms with van der Waals surface area (Å²) in [6.07, 6.45) is 4.62. The molecular formula is C25H28ClFN4O2. The number of nitrogens with zero attached hydrogens (tertiary/aromatic N) is 4. The minimum absolute atomic E-state index is 0.00697. The average molecular weight is 471 g/mol. The Balaban J connectivity index is 1.11. The number of rotatable bonds is 4. The van der Waals surface area contributed by atoms with E-state index < -0.39 is 5.82 Å². The van der Waals surface area contributed by atoms with Crippen molar-refractivity contribution in [3.8, 4) is 0 Å². The van der Waals surface area contributed by atoms with Gasteiger partial charge >= 0.3 is 0 Å². The first-order valence-electron chi connectivity index (χ1n) is 11.6. The van der Waals surface area contributed by atoms with Crippen LogP contribution in [0.1, 0.15) is 24.8 Å². The molecule has 1 spiro atoms. The number of hydrogen-bond acceptors (Lipinski definition) is 4. The second kappa shape index (κ2) is 8.93. The Labute approximate surface area is 198 Å². The first-order valence-corrected chi connectivity index (χ1v) is 12.0. The van der Waals surface area contributed by atoms with Gasteiger partial charge in [-0.05, 0) is 54.5 Å². The van der Waals surface area contributed by atoms with Crippen molar-refractivity contribution in [1.29, 1.82) is 0 Å². The maximum absolute atomic E-state index is 13.2. The molecule has 174 valence electrons. The highest BCUT2D eigenvalue weighted by Gasteiger charge is 2.59. The predicted octanol–water partition coefficient (Wildman–Crippen LogP) is 3.39. The van der Waals surface area contributed by atoms with E-state index in [1.54, 1.807) is 12.3 Å². The van der Waals surface area contributed by atoms with Crippen LogP contribution in [-0.2, 0) is 16.0 Å². The SMILES string of the molecule is O=C(Cc1ccc(F)cc1Cl)N1CCC2(CC1)C[C@@H]2C(=O)N1CCN(c2ccccn2)CC1. The molecule has 0 bridgehead atoms. The summed E-state index contributed by atoms with van der Waals surface area (Å²) in [4.78, 5) is 36.4. The summed E-state index contributed by atoms with van der Waals surface area (Å²) in [6, 6.07) is 10.0. The highest BCUT2D eigenvalue weighted by molar-refractivity contribution is 6.31. The zero-order chi connectivity index (χ0) is 23.0. The molecule has 0 radical (unpaired) electrons. The second-order valence-electron chi connectivity index (χ2n) is 9.41. The fourth-order valence-electron chi connectivity index (χ4n) is 5.31. The lowest BCUT2D eigenvalue weighted by Crippen LogP contribution is -2.50. The van der Waals surface area contributed by atoms with Crippen molar-refractivity contribution in [2.24, 2.45) is 11.3 Å². The average Bonchev–Trinajstić information content (AvgIpc) is 3.54. The number of amides is 2. The maximum atomic E-state index is 13.2. The van der Waals surface area contributed by atoms with Gasteiger partial charge in [-0.25, -0.2) is 9.37 Å². The van der Waals surface area contributed by atoms with Gasteiger partial charge in [-0.1, -0.05) is 23.7 Å². The van der Waals surface area contributed by atoms with Gasteiger partial charge in [-0.2, -0.15) is 0 Å². The van der Waals surface area contributed by atoms with Crippen LogP contribution in [-0.4, -0.2) is 65.9 Å². The minimum atomic E-state index is -0.404. The normalized spacial score (nSPS) is 21.9. The second-order valence-corrected chi connectivity index (χ2v) is 9.82. The number of benzene rings is 1. The molecule has 1 aromatic carbocycles. The summed E-state index contributed by atoms with van der Waals surface area (Å²) in [7, 11) is 0. The Morgan fingerprint density at radius 1 is 1.03 bits per heavy atom. The first-order chi connectivity index (χ1) is 15.9. The van der Waals surface area contributed by atoms with Crippen LogP contribution in [0.3, 0.4) is 0 Å². The third-order valence-corrected chi connectivity index (χ3v) is 7.87. The zero-order valence-electron chi connectivity index (χ0n) is 18.6. The Bertz CT molecular complexity index is 1030. The van der Waals surface area contributed by atoms with E-state index in [9.17, 15) is 14.0 Å². The molecule has 1 saturated carbocycles. The van der Waals surface area contributed by atoms with Gasteiger partial charge in [0.2, 0.25) is 11.8 Å². The Hall–Kier alpha value is -2.67. The smallest absolute Gasteiger partial charge is 0.227 e. The summed E-state index contributed by atoms with van der Waals surface area (Å²) in [6.45, 7) is 4.38. The topological polar surface area (TPSA) is 56.8 Å². The van der Waals surface area contributed by atoms with Gasteiger partial charge in [0.25, 0.3) is 0 Å². The predicted molar refractivity (Wildman–Crippen MR) is 124 cm³/mol. The molecule has 1 aromatic heterocycles. The molecule has 3 fully saturated rings. The fraction of sp³-hybridized carbons (Fsp3) is 0.480. The van der Waals surface area contributed by atoms with Crippen molar-refractivity contribution < 1.29 is 14.0 Å². The number of carbonyl (C=O) groups excluding carboxylic acids is 2. The lowest BCUT2D eigenvalue weighted by atomic mass is 9.90. The maximum Gasteiger partial charge on any atom is 0.227 e. The van der Waals surface area contributed by atoms with Crippen LogP contribution in [0.5, 0.6) is 0 Å². The number of carbonyl (C=O) groups is 2. The Morgan fingerprint density at radius 3 is 2.45 bits per heavy atom. The lowest BCUT2D eigenvalue weighted by molar-refractivity contribution is -0.134. The molecule has 2 amide bonds. The summed E-state index contributed by atoms with van der Waals surface area (Å²) >= 11 is 6.08. The number of anilines is 1. The van der Waals surface area contributed by atoms with Gasteiger partial charge in [0.15, 0.2) is 0 Å². The molecule has 1 aliphatic carbocycles. The van der Waals surface area contributed by atoms with E-state index in [0.717, 1.165) is 51.3 Å². The summed E-state index contributed by atoms with van der Waals surface area (Å²) in [5, 5.41) is 0.285. The van der Waals surface area contributed by atoms with Gasteiger partial charge in [0, 0.05) is 56.4 Å². The number of halogens is 2. The standard InChI is InChI=1S/C25H28ClFN4O2/c26-21-16-19(27)5-4-18(21)15-23(32)30-9-6-25(7-10-30)17-20(25)24(33)31-13-11-29(12-14-31)22-3-1-2-8-28-22/h1-5,8,16,20H,6-7,9-15,17H2/t20-/m1/s1. The van der Waals surface area contributed by atoms with Gasteiger partial charge in [-0.15, -0.1) is 0 Å². The van der Waals surface area contributed by atoms with E-state index >= 15 is 0 Å². The molecule has 6 nitrogen and oxygen atoms in total. The molecule has 3 heterocycles. The molecule has 8 heteroatoms. The number of pyridine rings is 1. The molecular weight excluding hydrogens is 443 g/mol. The largest absolute Gasteiger partial charge is 0.353 e. The monoisotopic (exact) mass is 470 g/mol. The van der Waals surface area contributed by atoms with Crippen LogP contribution in [0.15, 0.2) is 42.6 Å². The van der Waals surface area contributed by atoms with E-state index in [1.165, 1.54) is 12.1 Å². The molecule has 1 atom stereocenters. The summed E-state index contributed by atoms with van der Waals surface area (Å²) in [5.74, 6) is 0.925. The number of aromatic nitrogens is 1. The van der Waals surface area contributed by atoms with Gasteiger partial charge in [-0.3, -0.25) is 9.59 Å². The van der Waals surface area contributed by atoms with Crippen LogP contribution in [0.4, 0.5) is 10.2 Å². The molecule has 2 saturated heterocycles. The van der Waals surface area contributed by atoms with Crippen LogP contribution < -0.4 is 4.90 Å². The van der Waals surface area contributed by atoms with Gasteiger partial charge < -0.3 is 14.7 Å². The number of hydrogen-bond donors (Lipinski definition) is 0. The zero-order valence-corrected chi connectivity index (χ0v) is 19.3. The van der Waals surface area contributed by atoms with Crippen molar-refractivity contribution in [3.05, 3.63) is 59.0 Å². The van der Waals surface area contributed by atoms with Gasteiger partial charge in [0.05, 0.1) is 6.42 Å². The van der Waals surface area contributed by atoms with E-state index in [1.807, 2.05) is 28.0 Å². The van der Waals surface area contributed by atoms with Crippen LogP contribution >= 0.6 is 11.6 Å². The Kier molecular flexibility index (Phi) is 5.99. The summed E-state index contributed by atoms with van der Waals surface area (Å²) in [5.41, 5.74) is 0.701. The van der Waals surface area contributed by atoms with E-state index in [0.29, 0.717) is 18.7 Å². The van der Waals surface area contributed by atoms with Crippen LogP contribution in [0.25, 0.3) is 0 Å². The van der Waals surface area contributed by atoms with Gasteiger partial charge in [0.1, 0.15) is 11.6 Å². The third kappa shape index (κ3) is 4.56. The fourth-order valence-corrected chi connectivity index (χ4v) is 5.54. The van der Waals surface area contributed by atoms with Crippen LogP contribution in [0, 0.1) is 17.2 Å². The highest BCUT2D eigenvalue weighted by atomic mass is 35.5. The lowest BCUT2D eigenvalue weighted by Gasteiger charge is -2.37. The molecule has 0 unspecified atom stereocenters. The van der Waals surface area contributed by atoms with Crippen molar-refractivity contribution in [1.82, 2.24) is 14.8 Å². The first kappa shape index (κ1) is 22.1. The molecule has 33 heavy (non-hydrogen) atoms. The van der Waals surface area contributed by atoms with Crippen molar-refractivity contribution in [3.63, 3.8) is 0 Å². The van der Waals surface area contributed by atoms with E-state index in [-0.39, 0.29) is 34.6 Å². The summed E-state index contributed by atoms with van der Waals surface area (Å²) < 4.78 is 13.2. The van der Waals surface area contributed by atoms with E-state index in [2.05, 4.69) is 9.88 Å². The van der Waals surface area contributed by atoms with E-state index in [4.69, 9.17) is 11.6 Å². The van der Waals surface area contributed by atoms with Crippen molar-refractivity contribution in [2.45, 2.75) is 25.7 Å². The number of piperazine rings is 1. The van der Waals surface area contributed by atoms with Crippen molar-refractivity contribution >= 4 is 29.2 Å². The molecule has 2 aromatic rings. The minimum Gasteiger partial charge on any atom is -0.353 e. The van der Waals surface area contributed by atoms with Crippen molar-refractivity contribution in [2.75, 3.05) is 44.2 Å². The molecule has 3 aliphatic rings. The van der Waals surface area contributed by atoms with Crippen LogP contribution in [0.2, 0.25) is 5.02 Å². The number of piperidine rings is 1. The highest BCUT2D eigenvalue weighted by Crippen LogP contribution is 2.60. The molecule has 5 rings (SSSR count). The molecule has 2 aliphatic heterocycles.